The molecule has 4 atom stereocenters. The maximum Gasteiger partial charge on any atom is 0.368 e. The Kier molecular flexibility index (Phi) is 3.92. The molecule has 1 aromatic heterocycles. The van der Waals surface area contributed by atoms with Crippen molar-refractivity contribution in [3.05, 3.63) is 54.0 Å². The Morgan fingerprint density at radius 3 is 2.48 bits per heavy atom. The third-order valence-electron chi connectivity index (χ3n) is 5.70. The van der Waals surface area contributed by atoms with Crippen molar-refractivity contribution >= 4 is 23.5 Å². The highest BCUT2D eigenvalue weighted by molar-refractivity contribution is 6.23. The number of benzene rings is 1. The molecule has 7 nitrogen and oxygen atoms in total. The lowest BCUT2D eigenvalue weighted by Crippen LogP contribution is -2.97. The van der Waals surface area contributed by atoms with Crippen LogP contribution in [0.25, 0.3) is 0 Å². The van der Waals surface area contributed by atoms with Crippen molar-refractivity contribution in [3.8, 4) is 0 Å². The number of amides is 2. The second kappa shape index (κ2) is 6.06. The smallest absolute Gasteiger partial charge is 0.368 e. The van der Waals surface area contributed by atoms with Crippen LogP contribution in [0.5, 0.6) is 0 Å². The number of methoxy groups -OCH3 is 1. The van der Waals surface area contributed by atoms with Gasteiger partial charge < -0.3 is 14.5 Å². The zero-order valence-corrected chi connectivity index (χ0v) is 15.3. The van der Waals surface area contributed by atoms with Gasteiger partial charge in [0.1, 0.15) is 11.8 Å². The summed E-state index contributed by atoms with van der Waals surface area (Å²) in [5.74, 6) is -2.20. The molecule has 4 rings (SSSR count). The number of imide groups is 1. The molecule has 3 heterocycles. The molecule has 2 saturated heterocycles. The van der Waals surface area contributed by atoms with Gasteiger partial charge in [0.15, 0.2) is 11.8 Å². The average molecular weight is 369 g/mol. The van der Waals surface area contributed by atoms with Gasteiger partial charge in [-0.3, -0.25) is 9.59 Å². The number of esters is 1. The Bertz CT molecular complexity index is 905. The van der Waals surface area contributed by atoms with Crippen LogP contribution in [-0.4, -0.2) is 30.4 Å². The van der Waals surface area contributed by atoms with E-state index in [1.807, 2.05) is 19.1 Å². The van der Waals surface area contributed by atoms with Gasteiger partial charge in [-0.1, -0.05) is 17.7 Å². The van der Waals surface area contributed by atoms with E-state index in [9.17, 15) is 14.4 Å². The summed E-state index contributed by atoms with van der Waals surface area (Å²) in [4.78, 5) is 40.3. The van der Waals surface area contributed by atoms with E-state index < -0.39 is 29.4 Å². The molecule has 2 N–H and O–H groups in total. The van der Waals surface area contributed by atoms with Crippen LogP contribution in [0.15, 0.2) is 47.1 Å². The minimum absolute atomic E-state index is 0.320. The fourth-order valence-electron chi connectivity index (χ4n) is 4.37. The topological polar surface area (TPSA) is 93.4 Å². The van der Waals surface area contributed by atoms with Gasteiger partial charge in [-0.05, 0) is 31.2 Å². The summed E-state index contributed by atoms with van der Waals surface area (Å²) in [6.45, 7) is 3.59. The van der Waals surface area contributed by atoms with Gasteiger partial charge >= 0.3 is 5.97 Å². The third kappa shape index (κ3) is 2.42. The van der Waals surface area contributed by atoms with Crippen LogP contribution in [-0.2, 0) is 19.1 Å². The maximum atomic E-state index is 13.3. The van der Waals surface area contributed by atoms with E-state index in [1.54, 1.807) is 36.5 Å². The minimum Gasteiger partial charge on any atom is -0.464 e. The van der Waals surface area contributed by atoms with Crippen LogP contribution in [0.3, 0.4) is 0 Å². The van der Waals surface area contributed by atoms with E-state index in [1.165, 1.54) is 18.3 Å². The molecule has 2 fully saturated rings. The monoisotopic (exact) mass is 369 g/mol. The highest BCUT2D eigenvalue weighted by Gasteiger charge is 2.71. The number of anilines is 1. The standard InChI is InChI=1S/C20H20N2O5/c1-11-6-8-12(9-7-11)22-17(23)14-15(18(22)24)20(2,19(25)26-3)21-16(14)13-5-4-10-27-13/h4-10,14-16,21H,1-3H3/p+1/t14-,15+,16-,20-/m1/s1. The summed E-state index contributed by atoms with van der Waals surface area (Å²) in [5.41, 5.74) is 0.331. The second-order valence-electron chi connectivity index (χ2n) is 7.33. The number of quaternary nitrogens is 1. The predicted octanol–water partition coefficient (Wildman–Crippen LogP) is 0.944. The Hall–Kier alpha value is -2.93. The van der Waals surface area contributed by atoms with E-state index in [2.05, 4.69) is 0 Å². The lowest BCUT2D eigenvalue weighted by Gasteiger charge is -2.25. The van der Waals surface area contributed by atoms with Crippen molar-refractivity contribution in [2.45, 2.75) is 25.4 Å². The van der Waals surface area contributed by atoms with Gasteiger partial charge in [-0.25, -0.2) is 9.69 Å². The van der Waals surface area contributed by atoms with Crippen molar-refractivity contribution in [1.29, 1.82) is 0 Å². The molecule has 140 valence electrons. The van der Waals surface area contributed by atoms with Crippen LogP contribution < -0.4 is 10.2 Å². The number of fused-ring (bicyclic) bond motifs is 1. The lowest BCUT2D eigenvalue weighted by atomic mass is 9.81. The van der Waals surface area contributed by atoms with Crippen molar-refractivity contribution in [2.75, 3.05) is 12.0 Å². The summed E-state index contributed by atoms with van der Waals surface area (Å²) in [5, 5.41) is 1.73. The normalized spacial score (nSPS) is 29.9. The molecule has 0 bridgehead atoms. The molecule has 0 saturated carbocycles. The van der Waals surface area contributed by atoms with Gasteiger partial charge in [0.2, 0.25) is 17.4 Å². The fourth-order valence-corrected chi connectivity index (χ4v) is 4.37. The van der Waals surface area contributed by atoms with Crippen molar-refractivity contribution in [2.24, 2.45) is 11.8 Å². The number of carbonyl (C=O) groups excluding carboxylic acids is 3. The molecule has 0 unspecified atom stereocenters. The molecule has 7 heteroatoms. The maximum absolute atomic E-state index is 13.3. The Labute approximate surface area is 156 Å². The van der Waals surface area contributed by atoms with Crippen molar-refractivity contribution < 1.29 is 28.9 Å². The molecule has 2 aliphatic heterocycles. The van der Waals surface area contributed by atoms with Crippen LogP contribution in [0.4, 0.5) is 5.69 Å². The lowest BCUT2D eigenvalue weighted by molar-refractivity contribution is -0.732. The first-order valence-electron chi connectivity index (χ1n) is 8.81. The number of nitrogens with two attached hydrogens (primary N) is 1. The number of rotatable bonds is 3. The van der Waals surface area contributed by atoms with Crippen LogP contribution in [0, 0.1) is 18.8 Å². The van der Waals surface area contributed by atoms with E-state index in [4.69, 9.17) is 9.15 Å². The van der Waals surface area contributed by atoms with E-state index in [0.717, 1.165) is 5.56 Å². The highest BCUT2D eigenvalue weighted by atomic mass is 16.5. The number of hydrogen-bond donors (Lipinski definition) is 1. The molecule has 2 aromatic rings. The summed E-state index contributed by atoms with van der Waals surface area (Å²) in [7, 11) is 1.29. The molecule has 2 amide bonds. The summed E-state index contributed by atoms with van der Waals surface area (Å²) in [6.07, 6.45) is 1.52. The predicted molar refractivity (Wildman–Crippen MR) is 94.4 cm³/mol. The number of nitrogens with zero attached hydrogens (tertiary/aromatic N) is 1. The molecule has 1 aromatic carbocycles. The SMILES string of the molecule is COC(=O)[C@]1(C)[NH2+][C@H](c2ccco2)[C@@H]2C(=O)N(c3ccc(C)cc3)C(=O)[C@H]21. The van der Waals surface area contributed by atoms with E-state index >= 15 is 0 Å². The molecular formula is C20H21N2O5+. The van der Waals surface area contributed by atoms with Crippen LogP contribution in [0.1, 0.15) is 24.3 Å². The number of hydrogen-bond acceptors (Lipinski definition) is 5. The van der Waals surface area contributed by atoms with Crippen molar-refractivity contribution in [1.82, 2.24) is 0 Å². The van der Waals surface area contributed by atoms with Crippen LogP contribution >= 0.6 is 0 Å². The minimum atomic E-state index is -1.21. The van der Waals surface area contributed by atoms with Gasteiger partial charge in [-0.15, -0.1) is 0 Å². The quantitative estimate of drug-likeness (QED) is 0.642. The Balaban J connectivity index is 1.81. The van der Waals surface area contributed by atoms with Gasteiger partial charge in [0.05, 0.1) is 19.1 Å². The first-order chi connectivity index (χ1) is 12.9. The Morgan fingerprint density at radius 2 is 1.89 bits per heavy atom. The largest absolute Gasteiger partial charge is 0.464 e. The molecule has 0 aliphatic carbocycles. The van der Waals surface area contributed by atoms with E-state index in [0.29, 0.717) is 11.4 Å². The third-order valence-corrected chi connectivity index (χ3v) is 5.70. The average Bonchev–Trinajstić information content (AvgIpc) is 3.34. The first kappa shape index (κ1) is 17.5. The van der Waals surface area contributed by atoms with Gasteiger partial charge in [0.25, 0.3) is 0 Å². The second-order valence-corrected chi connectivity index (χ2v) is 7.33. The molecule has 2 aliphatic rings. The number of aryl methyl sites for hydroxylation is 1. The van der Waals surface area contributed by atoms with Crippen LogP contribution in [0.2, 0.25) is 0 Å². The number of ether oxygens (including phenoxy) is 1. The zero-order valence-electron chi connectivity index (χ0n) is 15.3. The molecule has 0 radical (unpaired) electrons. The zero-order chi connectivity index (χ0) is 19.3. The van der Waals surface area contributed by atoms with E-state index in [-0.39, 0.29) is 11.8 Å². The molecular weight excluding hydrogens is 348 g/mol. The van der Waals surface area contributed by atoms with Gasteiger partial charge in [-0.2, -0.15) is 0 Å². The summed E-state index contributed by atoms with van der Waals surface area (Å²) >= 11 is 0. The van der Waals surface area contributed by atoms with Crippen molar-refractivity contribution in [3.63, 3.8) is 0 Å². The summed E-state index contributed by atoms with van der Waals surface area (Å²) in [6, 6.07) is 10.2. The first-order valence-corrected chi connectivity index (χ1v) is 8.81. The highest BCUT2D eigenvalue weighted by Crippen LogP contribution is 2.45. The Morgan fingerprint density at radius 1 is 1.19 bits per heavy atom. The summed E-state index contributed by atoms with van der Waals surface area (Å²) < 4.78 is 10.5. The number of carbonyl (C=O) groups is 3. The fraction of sp³-hybridized carbons (Fsp3) is 0.350. The van der Waals surface area contributed by atoms with Gasteiger partial charge in [0, 0.05) is 6.92 Å². The molecule has 27 heavy (non-hydrogen) atoms. The molecule has 0 spiro atoms. The number of furan rings is 1.